The fourth-order valence-corrected chi connectivity index (χ4v) is 3.19. The summed E-state index contributed by atoms with van der Waals surface area (Å²) in [5.74, 6) is 0.230. The molecule has 1 aliphatic rings. The molecule has 0 atom stereocenters. The van der Waals surface area contributed by atoms with E-state index in [9.17, 15) is 9.90 Å². The van der Waals surface area contributed by atoms with Crippen molar-refractivity contribution < 1.29 is 9.90 Å². The van der Waals surface area contributed by atoms with Gasteiger partial charge in [0.25, 0.3) is 5.91 Å². The first-order chi connectivity index (χ1) is 11.6. The number of allylic oxidation sites excluding steroid dienone is 1. The lowest BCUT2D eigenvalue weighted by Crippen LogP contribution is -2.22. The van der Waals surface area contributed by atoms with Crippen molar-refractivity contribution in [3.63, 3.8) is 0 Å². The summed E-state index contributed by atoms with van der Waals surface area (Å²) in [6.07, 6.45) is 0.413. The molecule has 6 heteroatoms. The Morgan fingerprint density at radius 3 is 2.71 bits per heavy atom. The van der Waals surface area contributed by atoms with E-state index >= 15 is 0 Å². The van der Waals surface area contributed by atoms with Crippen LogP contribution in [0.4, 0.5) is 5.69 Å². The molecule has 1 amide bonds. The molecule has 4 rings (SSSR count). The maximum Gasteiger partial charge on any atom is 0.262 e. The highest BCUT2D eigenvalue weighted by atomic mass is 79.9. The number of carbonyl (C=O) groups is 1. The number of fused-ring (bicyclic) bond motifs is 3. The number of amides is 1. The number of aliphatic hydroxyl groups is 1. The van der Waals surface area contributed by atoms with Gasteiger partial charge in [-0.2, -0.15) is 0 Å². The molecule has 0 bridgehead atoms. The van der Waals surface area contributed by atoms with E-state index in [0.29, 0.717) is 24.5 Å². The Morgan fingerprint density at radius 1 is 1.17 bits per heavy atom. The van der Waals surface area contributed by atoms with Gasteiger partial charge in [0.05, 0.1) is 11.0 Å². The van der Waals surface area contributed by atoms with Gasteiger partial charge in [-0.15, -0.1) is 0 Å². The van der Waals surface area contributed by atoms with Crippen molar-refractivity contribution >= 4 is 44.1 Å². The lowest BCUT2D eigenvalue weighted by Gasteiger charge is -2.18. The van der Waals surface area contributed by atoms with Crippen molar-refractivity contribution in [2.45, 2.75) is 13.0 Å². The Balaban J connectivity index is 1.74. The molecule has 1 aliphatic heterocycles. The van der Waals surface area contributed by atoms with Crippen molar-refractivity contribution in [3.8, 4) is 0 Å². The summed E-state index contributed by atoms with van der Waals surface area (Å²) < 4.78 is 2.91. The molecule has 0 saturated carbocycles. The number of anilines is 1. The molecule has 0 radical (unpaired) electrons. The van der Waals surface area contributed by atoms with Gasteiger partial charge in [0.1, 0.15) is 17.2 Å². The Kier molecular flexibility index (Phi) is 3.61. The average Bonchev–Trinajstić information content (AvgIpc) is 2.95. The van der Waals surface area contributed by atoms with E-state index < -0.39 is 0 Å². The SMILES string of the molecule is O=C(Nc1ccc(Br)cc1)C1=C(O)CCn2c1nc1ccccc12. The highest BCUT2D eigenvalue weighted by Crippen LogP contribution is 2.30. The number of nitrogens with one attached hydrogen (secondary N) is 1. The summed E-state index contributed by atoms with van der Waals surface area (Å²) in [6, 6.07) is 15.0. The lowest BCUT2D eigenvalue weighted by atomic mass is 10.1. The fourth-order valence-electron chi connectivity index (χ4n) is 2.92. The molecule has 2 aromatic carbocycles. The molecule has 0 saturated heterocycles. The summed E-state index contributed by atoms with van der Waals surface area (Å²) >= 11 is 3.36. The first kappa shape index (κ1) is 15.0. The zero-order chi connectivity index (χ0) is 16.7. The zero-order valence-corrected chi connectivity index (χ0v) is 14.2. The van der Waals surface area contributed by atoms with Crippen LogP contribution in [0.2, 0.25) is 0 Å². The number of imidazole rings is 1. The molecule has 2 N–H and O–H groups in total. The smallest absolute Gasteiger partial charge is 0.262 e. The first-order valence-electron chi connectivity index (χ1n) is 7.58. The number of aryl methyl sites for hydroxylation is 1. The van der Waals surface area contributed by atoms with Crippen molar-refractivity contribution in [1.29, 1.82) is 0 Å². The topological polar surface area (TPSA) is 67.2 Å². The van der Waals surface area contributed by atoms with E-state index in [0.717, 1.165) is 15.5 Å². The molecule has 0 aliphatic carbocycles. The predicted molar refractivity (Wildman–Crippen MR) is 96.7 cm³/mol. The maximum atomic E-state index is 12.7. The van der Waals surface area contributed by atoms with Crippen LogP contribution >= 0.6 is 15.9 Å². The molecule has 0 unspecified atom stereocenters. The van der Waals surface area contributed by atoms with Gasteiger partial charge in [0.15, 0.2) is 0 Å². The van der Waals surface area contributed by atoms with E-state index in [1.165, 1.54) is 0 Å². The number of aliphatic hydroxyl groups excluding tert-OH is 1. The average molecular weight is 384 g/mol. The number of rotatable bonds is 2. The van der Waals surface area contributed by atoms with Crippen LogP contribution in [-0.2, 0) is 11.3 Å². The molecular formula is C18H14BrN3O2. The molecule has 5 nitrogen and oxygen atoms in total. The number of halogens is 1. The molecular weight excluding hydrogens is 370 g/mol. The number of benzene rings is 2. The van der Waals surface area contributed by atoms with E-state index in [1.807, 2.05) is 41.0 Å². The molecule has 0 fully saturated rings. The standard InChI is InChI=1S/C18H14BrN3O2/c19-11-5-7-12(8-6-11)20-18(24)16-15(23)9-10-22-14-4-2-1-3-13(14)21-17(16)22/h1-8,23H,9-10H2,(H,20,24). The number of nitrogens with zero attached hydrogens (tertiary/aromatic N) is 2. The van der Waals surface area contributed by atoms with Crippen LogP contribution in [0.1, 0.15) is 12.2 Å². The number of para-hydroxylation sites is 2. The third-order valence-electron chi connectivity index (χ3n) is 4.07. The summed E-state index contributed by atoms with van der Waals surface area (Å²) in [7, 11) is 0. The van der Waals surface area contributed by atoms with Crippen LogP contribution in [-0.4, -0.2) is 20.6 Å². The number of carbonyl (C=O) groups excluding carboxylic acids is 1. The number of hydrogen-bond donors (Lipinski definition) is 2. The van der Waals surface area contributed by atoms with E-state index in [4.69, 9.17) is 0 Å². The van der Waals surface area contributed by atoms with Gasteiger partial charge in [-0.05, 0) is 36.4 Å². The van der Waals surface area contributed by atoms with Gasteiger partial charge in [0, 0.05) is 23.1 Å². The minimum atomic E-state index is -0.355. The fraction of sp³-hybridized carbons (Fsp3) is 0.111. The Hall–Kier alpha value is -2.60. The van der Waals surface area contributed by atoms with Gasteiger partial charge >= 0.3 is 0 Å². The Bertz CT molecular complexity index is 974. The van der Waals surface area contributed by atoms with E-state index in [2.05, 4.69) is 26.2 Å². The van der Waals surface area contributed by atoms with Gasteiger partial charge in [0.2, 0.25) is 0 Å². The summed E-state index contributed by atoms with van der Waals surface area (Å²) in [4.78, 5) is 17.2. The van der Waals surface area contributed by atoms with Gasteiger partial charge in [-0.1, -0.05) is 28.1 Å². The van der Waals surface area contributed by atoms with E-state index in [-0.39, 0.29) is 17.2 Å². The maximum absolute atomic E-state index is 12.7. The van der Waals surface area contributed by atoms with Crippen LogP contribution in [0.3, 0.4) is 0 Å². The van der Waals surface area contributed by atoms with Crippen molar-refractivity contribution in [2.24, 2.45) is 0 Å². The monoisotopic (exact) mass is 383 g/mol. The predicted octanol–water partition coefficient (Wildman–Crippen LogP) is 4.11. The molecule has 120 valence electrons. The largest absolute Gasteiger partial charge is 0.511 e. The Labute approximate surface area is 146 Å². The van der Waals surface area contributed by atoms with Crippen molar-refractivity contribution in [3.05, 3.63) is 64.6 Å². The molecule has 0 spiro atoms. The molecule has 24 heavy (non-hydrogen) atoms. The minimum absolute atomic E-state index is 0.0763. The summed E-state index contributed by atoms with van der Waals surface area (Å²) in [6.45, 7) is 0.608. The Morgan fingerprint density at radius 2 is 1.92 bits per heavy atom. The normalized spacial score (nSPS) is 13.9. The van der Waals surface area contributed by atoms with Gasteiger partial charge in [-0.25, -0.2) is 4.98 Å². The van der Waals surface area contributed by atoms with Crippen molar-refractivity contribution in [1.82, 2.24) is 9.55 Å². The highest BCUT2D eigenvalue weighted by molar-refractivity contribution is 9.10. The van der Waals surface area contributed by atoms with Crippen LogP contribution in [0.15, 0.2) is 58.8 Å². The van der Waals surface area contributed by atoms with Gasteiger partial charge in [-0.3, -0.25) is 4.79 Å². The first-order valence-corrected chi connectivity index (χ1v) is 8.37. The molecule has 2 heterocycles. The zero-order valence-electron chi connectivity index (χ0n) is 12.7. The lowest BCUT2D eigenvalue weighted by molar-refractivity contribution is -0.111. The van der Waals surface area contributed by atoms with E-state index in [1.54, 1.807) is 12.1 Å². The summed E-state index contributed by atoms with van der Waals surface area (Å²) in [5, 5.41) is 13.1. The summed E-state index contributed by atoms with van der Waals surface area (Å²) in [5.41, 5.74) is 2.68. The minimum Gasteiger partial charge on any atom is -0.511 e. The molecule has 3 aromatic rings. The third kappa shape index (κ3) is 2.49. The van der Waals surface area contributed by atoms with Gasteiger partial charge < -0.3 is 15.0 Å². The van der Waals surface area contributed by atoms with Crippen molar-refractivity contribution in [2.75, 3.05) is 5.32 Å². The quantitative estimate of drug-likeness (QED) is 0.699. The van der Waals surface area contributed by atoms with Crippen LogP contribution in [0, 0.1) is 0 Å². The molecule has 1 aromatic heterocycles. The second kappa shape index (κ2) is 5.79. The number of aromatic nitrogens is 2. The number of hydrogen-bond acceptors (Lipinski definition) is 3. The highest BCUT2D eigenvalue weighted by Gasteiger charge is 2.27. The second-order valence-corrected chi connectivity index (χ2v) is 6.52. The van der Waals surface area contributed by atoms with Crippen LogP contribution in [0.25, 0.3) is 16.6 Å². The second-order valence-electron chi connectivity index (χ2n) is 5.61. The third-order valence-corrected chi connectivity index (χ3v) is 4.60. The van der Waals surface area contributed by atoms with Crippen LogP contribution in [0.5, 0.6) is 0 Å². The van der Waals surface area contributed by atoms with Crippen LogP contribution < -0.4 is 5.32 Å².